The molecule has 0 aliphatic carbocycles. The zero-order chi connectivity index (χ0) is 12.7. The van der Waals surface area contributed by atoms with Crippen molar-refractivity contribution < 1.29 is 4.74 Å². The summed E-state index contributed by atoms with van der Waals surface area (Å²) >= 11 is 0. The van der Waals surface area contributed by atoms with Crippen LogP contribution in [0, 0.1) is 5.41 Å². The van der Waals surface area contributed by atoms with Gasteiger partial charge >= 0.3 is 0 Å². The standard InChI is InChI=1S/C13H23N3O/c1-13(2,5-6-17-4)10-16-12-7-11(14-3)8-15-9-12/h7-9,14,16H,5-6,10H2,1-4H3. The van der Waals surface area contributed by atoms with Crippen LogP contribution in [0.4, 0.5) is 11.4 Å². The molecule has 2 N–H and O–H groups in total. The quantitative estimate of drug-likeness (QED) is 0.765. The van der Waals surface area contributed by atoms with E-state index in [9.17, 15) is 0 Å². The lowest BCUT2D eigenvalue weighted by atomic mass is 9.89. The molecule has 0 fully saturated rings. The van der Waals surface area contributed by atoms with E-state index in [-0.39, 0.29) is 5.41 Å². The van der Waals surface area contributed by atoms with E-state index >= 15 is 0 Å². The van der Waals surface area contributed by atoms with E-state index in [1.165, 1.54) is 0 Å². The van der Waals surface area contributed by atoms with Crippen molar-refractivity contribution in [2.45, 2.75) is 20.3 Å². The third-order valence-electron chi connectivity index (χ3n) is 2.78. The third kappa shape index (κ3) is 5.04. The van der Waals surface area contributed by atoms with Crippen LogP contribution in [0.1, 0.15) is 20.3 Å². The van der Waals surface area contributed by atoms with Crippen molar-refractivity contribution in [2.24, 2.45) is 5.41 Å². The monoisotopic (exact) mass is 237 g/mol. The van der Waals surface area contributed by atoms with Crippen LogP contribution < -0.4 is 10.6 Å². The Bertz CT molecular complexity index is 339. The van der Waals surface area contributed by atoms with Crippen LogP contribution in [0.5, 0.6) is 0 Å². The number of methoxy groups -OCH3 is 1. The minimum atomic E-state index is 0.214. The summed E-state index contributed by atoms with van der Waals surface area (Å²) in [7, 11) is 3.63. The molecule has 0 aliphatic rings. The molecule has 1 aromatic rings. The molecule has 1 rings (SSSR count). The lowest BCUT2D eigenvalue weighted by Crippen LogP contribution is -2.24. The maximum absolute atomic E-state index is 5.12. The Morgan fingerprint density at radius 2 is 2.00 bits per heavy atom. The topological polar surface area (TPSA) is 46.2 Å². The second kappa shape index (κ2) is 6.45. The van der Waals surface area contributed by atoms with Crippen LogP contribution in [-0.2, 0) is 4.74 Å². The van der Waals surface area contributed by atoms with Gasteiger partial charge in [0.1, 0.15) is 0 Å². The first kappa shape index (κ1) is 13.8. The molecule has 0 saturated heterocycles. The van der Waals surface area contributed by atoms with Gasteiger partial charge in [-0.15, -0.1) is 0 Å². The molecular formula is C13H23N3O. The number of nitrogens with one attached hydrogen (secondary N) is 2. The summed E-state index contributed by atoms with van der Waals surface area (Å²) < 4.78 is 5.12. The first-order chi connectivity index (χ1) is 8.07. The third-order valence-corrected chi connectivity index (χ3v) is 2.78. The fourth-order valence-electron chi connectivity index (χ4n) is 1.48. The number of rotatable bonds is 7. The second-order valence-electron chi connectivity index (χ2n) is 4.97. The SMILES string of the molecule is CNc1cncc(NCC(C)(C)CCOC)c1. The highest BCUT2D eigenvalue weighted by Crippen LogP contribution is 2.21. The number of hydrogen-bond donors (Lipinski definition) is 2. The van der Waals surface area contributed by atoms with Crippen LogP contribution in [0.25, 0.3) is 0 Å². The number of pyridine rings is 1. The average Bonchev–Trinajstić information content (AvgIpc) is 2.34. The van der Waals surface area contributed by atoms with Crippen molar-refractivity contribution in [3.05, 3.63) is 18.5 Å². The molecule has 0 unspecified atom stereocenters. The van der Waals surface area contributed by atoms with Crippen molar-refractivity contribution in [2.75, 3.05) is 37.9 Å². The first-order valence-electron chi connectivity index (χ1n) is 5.93. The van der Waals surface area contributed by atoms with Gasteiger partial charge in [0.25, 0.3) is 0 Å². The highest BCUT2D eigenvalue weighted by atomic mass is 16.5. The molecule has 0 atom stereocenters. The van der Waals surface area contributed by atoms with E-state index in [1.807, 2.05) is 13.2 Å². The molecule has 0 bridgehead atoms. The van der Waals surface area contributed by atoms with Gasteiger partial charge in [-0.05, 0) is 17.9 Å². The molecule has 96 valence electrons. The summed E-state index contributed by atoms with van der Waals surface area (Å²) in [5.41, 5.74) is 2.28. The zero-order valence-electron chi connectivity index (χ0n) is 11.2. The summed E-state index contributed by atoms with van der Waals surface area (Å²) in [4.78, 5) is 4.17. The van der Waals surface area contributed by atoms with Gasteiger partial charge in [-0.25, -0.2) is 0 Å². The van der Waals surface area contributed by atoms with Crippen LogP contribution >= 0.6 is 0 Å². The predicted octanol–water partition coefficient (Wildman–Crippen LogP) is 2.60. The van der Waals surface area contributed by atoms with Crippen molar-refractivity contribution in [1.29, 1.82) is 0 Å². The largest absolute Gasteiger partial charge is 0.387 e. The molecule has 1 aromatic heterocycles. The summed E-state index contributed by atoms with van der Waals surface area (Å²) in [6.45, 7) is 6.16. The minimum absolute atomic E-state index is 0.214. The smallest absolute Gasteiger partial charge is 0.0547 e. The zero-order valence-corrected chi connectivity index (χ0v) is 11.2. The lowest BCUT2D eigenvalue weighted by Gasteiger charge is -2.25. The Kier molecular flexibility index (Phi) is 5.22. The number of anilines is 2. The molecule has 0 aliphatic heterocycles. The van der Waals surface area contributed by atoms with Gasteiger partial charge < -0.3 is 15.4 Å². The molecule has 17 heavy (non-hydrogen) atoms. The number of ether oxygens (including phenoxy) is 1. The van der Waals surface area contributed by atoms with Crippen LogP contribution in [-0.4, -0.2) is 32.3 Å². The molecule has 0 spiro atoms. The molecule has 0 saturated carbocycles. The highest BCUT2D eigenvalue weighted by molar-refractivity contribution is 5.53. The van der Waals surface area contributed by atoms with Crippen molar-refractivity contribution in [3.8, 4) is 0 Å². The van der Waals surface area contributed by atoms with E-state index in [0.717, 1.165) is 30.9 Å². The summed E-state index contributed by atoms with van der Waals surface area (Å²) in [6, 6.07) is 2.05. The Morgan fingerprint density at radius 1 is 1.29 bits per heavy atom. The number of hydrogen-bond acceptors (Lipinski definition) is 4. The maximum Gasteiger partial charge on any atom is 0.0547 e. The first-order valence-corrected chi connectivity index (χ1v) is 5.93. The Labute approximate surface area is 104 Å². The summed E-state index contributed by atoms with van der Waals surface area (Å²) in [5, 5.41) is 6.49. The predicted molar refractivity (Wildman–Crippen MR) is 72.5 cm³/mol. The highest BCUT2D eigenvalue weighted by Gasteiger charge is 2.17. The van der Waals surface area contributed by atoms with Gasteiger partial charge in [0.05, 0.1) is 23.8 Å². The second-order valence-corrected chi connectivity index (χ2v) is 4.97. The van der Waals surface area contributed by atoms with Gasteiger partial charge in [0.2, 0.25) is 0 Å². The Morgan fingerprint density at radius 3 is 2.65 bits per heavy atom. The fourth-order valence-corrected chi connectivity index (χ4v) is 1.48. The molecule has 1 heterocycles. The fraction of sp³-hybridized carbons (Fsp3) is 0.615. The van der Waals surface area contributed by atoms with Gasteiger partial charge in [0, 0.05) is 27.3 Å². The van der Waals surface area contributed by atoms with Crippen LogP contribution in [0.15, 0.2) is 18.5 Å². The molecule has 4 nitrogen and oxygen atoms in total. The van der Waals surface area contributed by atoms with Crippen LogP contribution in [0.2, 0.25) is 0 Å². The van der Waals surface area contributed by atoms with Gasteiger partial charge in [0.15, 0.2) is 0 Å². The molecule has 0 radical (unpaired) electrons. The van der Waals surface area contributed by atoms with Gasteiger partial charge in [-0.2, -0.15) is 0 Å². The Balaban J connectivity index is 2.48. The van der Waals surface area contributed by atoms with Gasteiger partial charge in [-0.3, -0.25) is 4.98 Å². The number of aromatic nitrogens is 1. The Hall–Kier alpha value is -1.29. The number of nitrogens with zero attached hydrogens (tertiary/aromatic N) is 1. The van der Waals surface area contributed by atoms with Crippen molar-refractivity contribution in [3.63, 3.8) is 0 Å². The van der Waals surface area contributed by atoms with E-state index in [1.54, 1.807) is 13.3 Å². The average molecular weight is 237 g/mol. The minimum Gasteiger partial charge on any atom is -0.387 e. The van der Waals surface area contributed by atoms with Gasteiger partial charge in [-0.1, -0.05) is 13.8 Å². The van der Waals surface area contributed by atoms with Crippen molar-refractivity contribution in [1.82, 2.24) is 4.98 Å². The lowest BCUT2D eigenvalue weighted by molar-refractivity contribution is 0.157. The summed E-state index contributed by atoms with van der Waals surface area (Å²) in [6.07, 6.45) is 4.68. The van der Waals surface area contributed by atoms with E-state index in [2.05, 4.69) is 35.5 Å². The molecule has 4 heteroatoms. The molecular weight excluding hydrogens is 214 g/mol. The normalized spacial score (nSPS) is 11.3. The molecule has 0 aromatic carbocycles. The van der Waals surface area contributed by atoms with Crippen molar-refractivity contribution >= 4 is 11.4 Å². The van der Waals surface area contributed by atoms with E-state index in [0.29, 0.717) is 0 Å². The molecule has 0 amide bonds. The maximum atomic E-state index is 5.12. The van der Waals surface area contributed by atoms with E-state index in [4.69, 9.17) is 4.74 Å². The summed E-state index contributed by atoms with van der Waals surface area (Å²) in [5.74, 6) is 0. The van der Waals surface area contributed by atoms with Crippen LogP contribution in [0.3, 0.4) is 0 Å². The van der Waals surface area contributed by atoms with E-state index < -0.39 is 0 Å².